The molecule has 1 aliphatic carbocycles. The topological polar surface area (TPSA) is 0 Å². The van der Waals surface area contributed by atoms with E-state index in [1.165, 1.54) is 22.3 Å². The minimum Gasteiger partial charge on any atom is -0.0718 e. The van der Waals surface area contributed by atoms with Crippen molar-refractivity contribution < 1.29 is 0 Å². The Balaban J connectivity index is 2.11. The third-order valence-corrected chi connectivity index (χ3v) is 3.50. The molecule has 1 unspecified atom stereocenters. The van der Waals surface area contributed by atoms with E-state index in [-0.39, 0.29) is 0 Å². The lowest BCUT2D eigenvalue weighted by atomic mass is 9.80. The van der Waals surface area contributed by atoms with E-state index in [9.17, 15) is 0 Å². The predicted molar refractivity (Wildman–Crippen MR) is 73.0 cm³/mol. The molecule has 1 atom stereocenters. The Morgan fingerprint density at radius 2 is 1.59 bits per heavy atom. The normalized spacial score (nSPS) is 18.4. The SMILES string of the molecule is CC1=Cc2ccccc2C(c2ccccc2)C1. The van der Waals surface area contributed by atoms with Crippen molar-refractivity contribution in [3.63, 3.8) is 0 Å². The van der Waals surface area contributed by atoms with Gasteiger partial charge in [0.1, 0.15) is 0 Å². The minimum atomic E-state index is 0.525. The monoisotopic (exact) mass is 220 g/mol. The van der Waals surface area contributed by atoms with Crippen LogP contribution >= 0.6 is 0 Å². The molecule has 17 heavy (non-hydrogen) atoms. The molecule has 0 N–H and O–H groups in total. The number of allylic oxidation sites excluding steroid dienone is 1. The summed E-state index contributed by atoms with van der Waals surface area (Å²) in [6.07, 6.45) is 3.45. The number of hydrogen-bond donors (Lipinski definition) is 0. The zero-order chi connectivity index (χ0) is 11.7. The average molecular weight is 220 g/mol. The van der Waals surface area contributed by atoms with Crippen molar-refractivity contribution >= 4 is 6.08 Å². The Bertz CT molecular complexity index is 549. The molecule has 84 valence electrons. The van der Waals surface area contributed by atoms with Crippen molar-refractivity contribution in [3.8, 4) is 0 Å². The summed E-state index contributed by atoms with van der Waals surface area (Å²) in [5.41, 5.74) is 5.74. The molecular formula is C17H16. The molecule has 0 saturated heterocycles. The van der Waals surface area contributed by atoms with Crippen molar-refractivity contribution in [3.05, 3.63) is 76.9 Å². The quantitative estimate of drug-likeness (QED) is 0.657. The lowest BCUT2D eigenvalue weighted by Crippen LogP contribution is -2.07. The van der Waals surface area contributed by atoms with Gasteiger partial charge in [0, 0.05) is 5.92 Å². The highest BCUT2D eigenvalue weighted by Gasteiger charge is 2.20. The van der Waals surface area contributed by atoms with Crippen LogP contribution in [0.2, 0.25) is 0 Å². The summed E-state index contributed by atoms with van der Waals surface area (Å²) in [5.74, 6) is 0.525. The van der Waals surface area contributed by atoms with Crippen molar-refractivity contribution in [2.24, 2.45) is 0 Å². The molecule has 1 aliphatic rings. The highest BCUT2D eigenvalue weighted by molar-refractivity contribution is 5.62. The van der Waals surface area contributed by atoms with E-state index in [2.05, 4.69) is 67.6 Å². The summed E-state index contributed by atoms with van der Waals surface area (Å²) in [6, 6.07) is 19.6. The number of fused-ring (bicyclic) bond motifs is 1. The maximum Gasteiger partial charge on any atom is 0.0132 e. The maximum absolute atomic E-state index is 2.31. The van der Waals surface area contributed by atoms with Gasteiger partial charge < -0.3 is 0 Å². The Morgan fingerprint density at radius 1 is 0.882 bits per heavy atom. The van der Waals surface area contributed by atoms with E-state index in [1.807, 2.05) is 0 Å². The van der Waals surface area contributed by atoms with E-state index in [1.54, 1.807) is 0 Å². The molecule has 0 heterocycles. The zero-order valence-electron chi connectivity index (χ0n) is 10.1. The largest absolute Gasteiger partial charge is 0.0718 e. The van der Waals surface area contributed by atoms with Crippen LogP contribution in [-0.4, -0.2) is 0 Å². The molecule has 2 aromatic carbocycles. The van der Waals surface area contributed by atoms with E-state index in [0.29, 0.717) is 5.92 Å². The summed E-state index contributed by atoms with van der Waals surface area (Å²) < 4.78 is 0. The molecule has 0 nitrogen and oxygen atoms in total. The summed E-state index contributed by atoms with van der Waals surface area (Å²) in [4.78, 5) is 0. The molecule has 0 bridgehead atoms. The molecular weight excluding hydrogens is 204 g/mol. The van der Waals surface area contributed by atoms with Crippen LogP contribution < -0.4 is 0 Å². The highest BCUT2D eigenvalue weighted by atomic mass is 14.2. The van der Waals surface area contributed by atoms with Gasteiger partial charge in [-0.3, -0.25) is 0 Å². The highest BCUT2D eigenvalue weighted by Crippen LogP contribution is 2.37. The second kappa shape index (κ2) is 4.21. The average Bonchev–Trinajstić information content (AvgIpc) is 2.39. The van der Waals surface area contributed by atoms with Crippen LogP contribution in [-0.2, 0) is 0 Å². The molecule has 3 rings (SSSR count). The molecule has 0 radical (unpaired) electrons. The molecule has 0 aliphatic heterocycles. The van der Waals surface area contributed by atoms with Crippen molar-refractivity contribution in [2.75, 3.05) is 0 Å². The fraction of sp³-hybridized carbons (Fsp3) is 0.176. The third-order valence-electron chi connectivity index (χ3n) is 3.50. The van der Waals surface area contributed by atoms with Gasteiger partial charge in [0.15, 0.2) is 0 Å². The van der Waals surface area contributed by atoms with E-state index in [0.717, 1.165) is 6.42 Å². The first-order valence-electron chi connectivity index (χ1n) is 6.15. The van der Waals surface area contributed by atoms with Gasteiger partial charge in [-0.25, -0.2) is 0 Å². The van der Waals surface area contributed by atoms with Gasteiger partial charge in [-0.2, -0.15) is 0 Å². The van der Waals surface area contributed by atoms with Crippen molar-refractivity contribution in [2.45, 2.75) is 19.3 Å². The van der Waals surface area contributed by atoms with Gasteiger partial charge >= 0.3 is 0 Å². The molecule has 0 spiro atoms. The van der Waals surface area contributed by atoms with Crippen molar-refractivity contribution in [1.29, 1.82) is 0 Å². The minimum absolute atomic E-state index is 0.525. The van der Waals surface area contributed by atoms with Gasteiger partial charge in [0.25, 0.3) is 0 Å². The van der Waals surface area contributed by atoms with E-state index in [4.69, 9.17) is 0 Å². The van der Waals surface area contributed by atoms with Gasteiger partial charge in [-0.15, -0.1) is 0 Å². The number of rotatable bonds is 1. The van der Waals surface area contributed by atoms with Crippen LogP contribution in [0, 0.1) is 0 Å². The van der Waals surface area contributed by atoms with Gasteiger partial charge in [-0.05, 0) is 30.0 Å². The van der Waals surface area contributed by atoms with Crippen LogP contribution in [0.1, 0.15) is 36.0 Å². The first kappa shape index (κ1) is 10.3. The molecule has 0 amide bonds. The number of hydrogen-bond acceptors (Lipinski definition) is 0. The standard InChI is InChI=1S/C17H16/c1-13-11-15-9-5-6-10-16(15)17(12-13)14-7-3-2-4-8-14/h2-11,17H,12H2,1H3. The Kier molecular flexibility index (Phi) is 2.56. The van der Waals surface area contributed by atoms with Gasteiger partial charge in [0.05, 0.1) is 0 Å². The zero-order valence-corrected chi connectivity index (χ0v) is 10.1. The molecule has 0 aromatic heterocycles. The molecule has 0 fully saturated rings. The third kappa shape index (κ3) is 1.91. The molecule has 0 heteroatoms. The van der Waals surface area contributed by atoms with Crippen LogP contribution in [0.4, 0.5) is 0 Å². The predicted octanol–water partition coefficient (Wildman–Crippen LogP) is 4.63. The van der Waals surface area contributed by atoms with Crippen LogP contribution in [0.3, 0.4) is 0 Å². The van der Waals surface area contributed by atoms with Crippen LogP contribution in [0.25, 0.3) is 6.08 Å². The van der Waals surface area contributed by atoms with Gasteiger partial charge in [-0.1, -0.05) is 66.2 Å². The Morgan fingerprint density at radius 3 is 2.41 bits per heavy atom. The van der Waals surface area contributed by atoms with E-state index >= 15 is 0 Å². The van der Waals surface area contributed by atoms with E-state index < -0.39 is 0 Å². The van der Waals surface area contributed by atoms with Gasteiger partial charge in [0.2, 0.25) is 0 Å². The Labute approximate surface area is 103 Å². The maximum atomic E-state index is 2.31. The molecule has 0 saturated carbocycles. The number of benzene rings is 2. The summed E-state index contributed by atoms with van der Waals surface area (Å²) in [5, 5.41) is 0. The molecule has 2 aromatic rings. The van der Waals surface area contributed by atoms with Crippen molar-refractivity contribution in [1.82, 2.24) is 0 Å². The lowest BCUT2D eigenvalue weighted by Gasteiger charge is -2.24. The van der Waals surface area contributed by atoms with Crippen LogP contribution in [0.5, 0.6) is 0 Å². The lowest BCUT2D eigenvalue weighted by molar-refractivity contribution is 0.785. The smallest absolute Gasteiger partial charge is 0.0132 e. The van der Waals surface area contributed by atoms with Crippen LogP contribution in [0.15, 0.2) is 60.2 Å². The summed E-state index contributed by atoms with van der Waals surface area (Å²) >= 11 is 0. The second-order valence-electron chi connectivity index (χ2n) is 4.79. The summed E-state index contributed by atoms with van der Waals surface area (Å²) in [6.45, 7) is 2.23. The summed E-state index contributed by atoms with van der Waals surface area (Å²) in [7, 11) is 0. The second-order valence-corrected chi connectivity index (χ2v) is 4.79. The first-order valence-corrected chi connectivity index (χ1v) is 6.15. The Hall–Kier alpha value is -1.82. The fourth-order valence-corrected chi connectivity index (χ4v) is 2.70. The first-order chi connectivity index (χ1) is 8.34. The fourth-order valence-electron chi connectivity index (χ4n) is 2.70.